The highest BCUT2D eigenvalue weighted by molar-refractivity contribution is 5.44. The molecule has 1 aliphatic rings. The Bertz CT molecular complexity index is 895. The van der Waals surface area contributed by atoms with Crippen molar-refractivity contribution in [1.29, 1.82) is 10.5 Å². The van der Waals surface area contributed by atoms with Crippen LogP contribution in [0.1, 0.15) is 23.2 Å². The third-order valence-corrected chi connectivity index (χ3v) is 5.68. The van der Waals surface area contributed by atoms with Gasteiger partial charge in [0, 0.05) is 11.1 Å². The molecule has 0 bridgehead atoms. The molecule has 156 valence electrons. The lowest BCUT2D eigenvalue weighted by Gasteiger charge is -2.34. The van der Waals surface area contributed by atoms with Crippen molar-refractivity contribution in [2.75, 3.05) is 40.4 Å². The third-order valence-electron chi connectivity index (χ3n) is 5.68. The van der Waals surface area contributed by atoms with Gasteiger partial charge < -0.3 is 29.5 Å². The van der Waals surface area contributed by atoms with E-state index in [4.69, 9.17) is 9.47 Å². The first-order chi connectivity index (χ1) is 14.5. The van der Waals surface area contributed by atoms with E-state index in [0.717, 1.165) is 47.1 Å². The fourth-order valence-corrected chi connectivity index (χ4v) is 4.02. The van der Waals surface area contributed by atoms with Crippen LogP contribution in [0.3, 0.4) is 0 Å². The molecule has 2 atom stereocenters. The molecule has 2 aromatic rings. The predicted octanol–water partition coefficient (Wildman–Crippen LogP) is -0.272. The molecule has 0 aliphatic carbocycles. The molecule has 1 saturated heterocycles. The Morgan fingerprint density at radius 1 is 0.767 bits per heavy atom. The minimum Gasteiger partial charge on any atom is -0.504 e. The van der Waals surface area contributed by atoms with Crippen LogP contribution in [0.15, 0.2) is 36.4 Å². The van der Waals surface area contributed by atoms with E-state index in [9.17, 15) is 20.7 Å². The molecule has 0 unspecified atom stereocenters. The normalized spacial score (nSPS) is 20.4. The van der Waals surface area contributed by atoms with Crippen molar-refractivity contribution >= 4 is 0 Å². The molecule has 4 N–H and O–H groups in total. The average Bonchev–Trinajstić information content (AvgIpc) is 2.77. The summed E-state index contributed by atoms with van der Waals surface area (Å²) in [6.07, 6.45) is 0. The van der Waals surface area contributed by atoms with Crippen LogP contribution in [0.5, 0.6) is 23.0 Å². The van der Waals surface area contributed by atoms with Crippen molar-refractivity contribution in [3.63, 3.8) is 0 Å². The van der Waals surface area contributed by atoms with E-state index in [-0.39, 0.29) is 23.6 Å². The van der Waals surface area contributed by atoms with Crippen molar-refractivity contribution in [2.45, 2.75) is 12.1 Å². The van der Waals surface area contributed by atoms with Crippen LogP contribution in [-0.2, 0) is 0 Å². The summed E-state index contributed by atoms with van der Waals surface area (Å²) >= 11 is 0. The lowest BCUT2D eigenvalue weighted by atomic mass is 10.0. The van der Waals surface area contributed by atoms with Crippen LogP contribution in [0.25, 0.3) is 0 Å². The van der Waals surface area contributed by atoms with Gasteiger partial charge in [0.2, 0.25) is 12.1 Å². The molecule has 2 aromatic carbocycles. The molecule has 8 heteroatoms. The number of methoxy groups -OCH3 is 2. The van der Waals surface area contributed by atoms with Gasteiger partial charge in [-0.1, -0.05) is 0 Å². The maximum atomic E-state index is 9.81. The van der Waals surface area contributed by atoms with Crippen LogP contribution >= 0.6 is 0 Å². The van der Waals surface area contributed by atoms with Crippen LogP contribution < -0.4 is 19.3 Å². The molecule has 3 rings (SSSR count). The number of phenols is 2. The Hall–Kier alpha value is -3.46. The summed E-state index contributed by atoms with van der Waals surface area (Å²) in [4.78, 5) is 2.24. The Morgan fingerprint density at radius 3 is 1.43 bits per heavy atom. The fraction of sp³-hybridized carbons (Fsp3) is 0.364. The molecule has 0 spiro atoms. The zero-order valence-corrected chi connectivity index (χ0v) is 17.1. The summed E-state index contributed by atoms with van der Waals surface area (Å²) < 4.78 is 10.3. The van der Waals surface area contributed by atoms with E-state index < -0.39 is 0 Å². The Labute approximate surface area is 175 Å². The number of hydrogen-bond acceptors (Lipinski definition) is 6. The Morgan fingerprint density at radius 2 is 1.13 bits per heavy atom. The number of nitrogens with one attached hydrogen (secondary N) is 2. The van der Waals surface area contributed by atoms with Gasteiger partial charge in [0.05, 0.1) is 14.2 Å². The van der Waals surface area contributed by atoms with Crippen molar-refractivity contribution in [2.24, 2.45) is 0 Å². The summed E-state index contributed by atoms with van der Waals surface area (Å²) in [5.41, 5.74) is 1.59. The van der Waals surface area contributed by atoms with Crippen molar-refractivity contribution < 1.29 is 29.5 Å². The lowest BCUT2D eigenvalue weighted by Crippen LogP contribution is -3.28. The van der Waals surface area contributed by atoms with E-state index in [1.807, 2.05) is 0 Å². The molecule has 0 saturated carbocycles. The number of benzene rings is 2. The molecule has 0 aromatic heterocycles. The van der Waals surface area contributed by atoms with E-state index >= 15 is 0 Å². The second-order valence-corrected chi connectivity index (χ2v) is 7.30. The molecule has 8 nitrogen and oxygen atoms in total. The average molecular weight is 410 g/mol. The van der Waals surface area contributed by atoms with Crippen molar-refractivity contribution in [3.8, 4) is 35.1 Å². The number of phenolic OH excluding ortho intramolecular Hbond substituents is 2. The first-order valence-electron chi connectivity index (χ1n) is 9.74. The maximum absolute atomic E-state index is 9.81. The highest BCUT2D eigenvalue weighted by Crippen LogP contribution is 2.29. The molecule has 1 heterocycles. The third kappa shape index (κ3) is 4.25. The highest BCUT2D eigenvalue weighted by Gasteiger charge is 2.35. The van der Waals surface area contributed by atoms with Gasteiger partial charge in [-0.15, -0.1) is 0 Å². The van der Waals surface area contributed by atoms with E-state index in [0.29, 0.717) is 11.5 Å². The van der Waals surface area contributed by atoms with Gasteiger partial charge in [-0.25, -0.2) is 0 Å². The van der Waals surface area contributed by atoms with Crippen LogP contribution in [0, 0.1) is 22.7 Å². The van der Waals surface area contributed by atoms with Gasteiger partial charge >= 0.3 is 0 Å². The van der Waals surface area contributed by atoms with Crippen LogP contribution in [0.2, 0.25) is 0 Å². The van der Waals surface area contributed by atoms with Crippen LogP contribution in [-0.4, -0.2) is 50.6 Å². The molecule has 30 heavy (non-hydrogen) atoms. The molecule has 0 radical (unpaired) electrons. The smallest absolute Gasteiger partial charge is 0.201 e. The maximum Gasteiger partial charge on any atom is 0.201 e. The molecule has 1 fully saturated rings. The molecular weight excluding hydrogens is 384 g/mol. The Kier molecular flexibility index (Phi) is 6.63. The summed E-state index contributed by atoms with van der Waals surface area (Å²) in [6, 6.07) is 14.0. The second kappa shape index (κ2) is 9.36. The number of piperazine rings is 1. The number of aromatic hydroxyl groups is 2. The van der Waals surface area contributed by atoms with Gasteiger partial charge in [0.1, 0.15) is 38.3 Å². The zero-order valence-electron chi connectivity index (χ0n) is 17.1. The summed E-state index contributed by atoms with van der Waals surface area (Å²) in [7, 11) is 2.96. The predicted molar refractivity (Wildman–Crippen MR) is 107 cm³/mol. The van der Waals surface area contributed by atoms with Gasteiger partial charge in [-0.2, -0.15) is 10.5 Å². The molecular formula is C22H26N4O4+2. The fourth-order valence-electron chi connectivity index (χ4n) is 4.02. The van der Waals surface area contributed by atoms with E-state index in [1.54, 1.807) is 36.4 Å². The lowest BCUT2D eigenvalue weighted by molar-refractivity contribution is -1.03. The largest absolute Gasteiger partial charge is 0.504 e. The number of ether oxygens (including phenoxy) is 2. The van der Waals surface area contributed by atoms with E-state index in [1.165, 1.54) is 14.2 Å². The number of quaternary nitrogens is 2. The minimum absolute atomic E-state index is 0.0448. The second-order valence-electron chi connectivity index (χ2n) is 7.30. The van der Waals surface area contributed by atoms with Crippen LogP contribution in [0.4, 0.5) is 0 Å². The van der Waals surface area contributed by atoms with Gasteiger partial charge in [0.15, 0.2) is 23.0 Å². The molecule has 0 amide bonds. The van der Waals surface area contributed by atoms with Crippen molar-refractivity contribution in [3.05, 3.63) is 47.5 Å². The SMILES string of the molecule is COc1cc([C@@H](C#N)[NH+]2CC[NH+]([C@@H](C#N)c3ccc(O)c(OC)c3)CC2)ccc1O. The summed E-state index contributed by atoms with van der Waals surface area (Å²) in [5, 5.41) is 39.2. The van der Waals surface area contributed by atoms with Gasteiger partial charge in [-0.3, -0.25) is 0 Å². The first kappa shape index (κ1) is 21.3. The van der Waals surface area contributed by atoms with Gasteiger partial charge in [0.25, 0.3) is 0 Å². The van der Waals surface area contributed by atoms with E-state index in [2.05, 4.69) is 12.1 Å². The quantitative estimate of drug-likeness (QED) is 0.521. The minimum atomic E-state index is -0.379. The first-order valence-corrected chi connectivity index (χ1v) is 9.74. The highest BCUT2D eigenvalue weighted by atomic mass is 16.5. The van der Waals surface area contributed by atoms with Crippen molar-refractivity contribution in [1.82, 2.24) is 0 Å². The topological polar surface area (TPSA) is 115 Å². The summed E-state index contributed by atoms with van der Waals surface area (Å²) in [5.74, 6) is 0.788. The standard InChI is InChI=1S/C22H24N4O4/c1-29-21-11-15(3-5-19(21)27)17(13-23)25-7-9-26(10-8-25)18(14-24)16-4-6-20(28)22(12-16)30-2/h3-6,11-12,17-18,27-28H,7-10H2,1-2H3/p+2/t17-,18+. The number of nitrogens with zero attached hydrogens (tertiary/aromatic N) is 2. The Balaban J connectivity index is 1.73. The number of hydrogen-bond donors (Lipinski definition) is 4. The molecule has 1 aliphatic heterocycles. The summed E-state index contributed by atoms with van der Waals surface area (Å²) in [6.45, 7) is 2.91. The zero-order chi connectivity index (χ0) is 21.7. The monoisotopic (exact) mass is 410 g/mol. The number of rotatable bonds is 6. The van der Waals surface area contributed by atoms with Gasteiger partial charge in [-0.05, 0) is 36.4 Å². The number of nitriles is 2.